The Hall–Kier alpha value is -3.78. The molecule has 2 atom stereocenters. The molecule has 1 heterocycles. The summed E-state index contributed by atoms with van der Waals surface area (Å²) in [5.74, 6) is -1.93. The highest BCUT2D eigenvalue weighted by Crippen LogP contribution is 2.29. The van der Waals surface area contributed by atoms with E-state index in [4.69, 9.17) is 9.47 Å². The number of esters is 2. The van der Waals surface area contributed by atoms with Crippen LogP contribution in [0.5, 0.6) is 5.75 Å². The molecule has 1 fully saturated rings. The Morgan fingerprint density at radius 2 is 1.58 bits per heavy atom. The fraction of sp³-hybridized carbons (Fsp3) is 0.214. The Labute approximate surface area is 217 Å². The van der Waals surface area contributed by atoms with E-state index in [1.807, 2.05) is 37.3 Å². The summed E-state index contributed by atoms with van der Waals surface area (Å²) in [5.41, 5.74) is 1.70. The first-order valence-electron chi connectivity index (χ1n) is 11.4. The minimum Gasteiger partial charge on any atom is -0.457 e. The van der Waals surface area contributed by atoms with Gasteiger partial charge in [0.1, 0.15) is 5.75 Å². The van der Waals surface area contributed by atoms with Gasteiger partial charge in [0.05, 0.1) is 17.5 Å². The third-order valence-corrected chi connectivity index (χ3v) is 6.58. The molecule has 0 spiro atoms. The molecule has 0 aromatic heterocycles. The summed E-state index contributed by atoms with van der Waals surface area (Å²) < 4.78 is 11.4. The molecule has 0 bridgehead atoms. The van der Waals surface area contributed by atoms with Crippen LogP contribution < -0.4 is 4.74 Å². The molecule has 3 aromatic rings. The van der Waals surface area contributed by atoms with Crippen LogP contribution in [-0.4, -0.2) is 41.7 Å². The lowest BCUT2D eigenvalue weighted by Gasteiger charge is -2.25. The Kier molecular flexibility index (Phi) is 7.95. The highest BCUT2D eigenvalue weighted by atomic mass is 79.9. The van der Waals surface area contributed by atoms with E-state index in [0.29, 0.717) is 11.1 Å². The van der Waals surface area contributed by atoms with Crippen LogP contribution in [0.3, 0.4) is 0 Å². The number of hydrogen-bond donors (Lipinski definition) is 0. The van der Waals surface area contributed by atoms with Crippen molar-refractivity contribution in [2.24, 2.45) is 5.92 Å². The van der Waals surface area contributed by atoms with E-state index in [2.05, 4.69) is 15.9 Å². The maximum absolute atomic E-state index is 12.5. The van der Waals surface area contributed by atoms with Crippen LogP contribution in [0.2, 0.25) is 0 Å². The maximum Gasteiger partial charge on any atom is 0.343 e. The summed E-state index contributed by atoms with van der Waals surface area (Å²) in [6.07, 6.45) is 0.0582. The van der Waals surface area contributed by atoms with Gasteiger partial charge in [-0.3, -0.25) is 14.4 Å². The number of amides is 1. The molecular weight excluding hydrogens is 526 g/mol. The molecule has 3 aromatic carbocycles. The number of Topliss-reactive ketones (excluding diaryl/α,β-unsaturated/α-hetero) is 1. The van der Waals surface area contributed by atoms with Crippen molar-refractivity contribution in [3.8, 4) is 5.75 Å². The minimum absolute atomic E-state index is 0.0582. The zero-order valence-electron chi connectivity index (χ0n) is 19.6. The van der Waals surface area contributed by atoms with Crippen molar-refractivity contribution in [2.75, 3.05) is 13.2 Å². The standard InChI is InChI=1S/C28H24BrNO6/c1-18(19-5-3-2-4-6-19)30-16-22(15-26(30)32)27(33)35-17-25(31)20-9-13-24(14-10-20)36-28(34)21-7-11-23(29)12-8-21/h2-14,18,22H,15-17H2,1H3/t18-,22-/m0/s1. The molecule has 1 aliphatic heterocycles. The van der Waals surface area contributed by atoms with Crippen LogP contribution >= 0.6 is 15.9 Å². The molecule has 0 saturated carbocycles. The number of likely N-dealkylation sites (tertiary alicyclic amines) is 1. The lowest BCUT2D eigenvalue weighted by atomic mass is 10.1. The molecule has 184 valence electrons. The van der Waals surface area contributed by atoms with Crippen molar-refractivity contribution in [3.05, 3.63) is 100 Å². The van der Waals surface area contributed by atoms with Gasteiger partial charge < -0.3 is 14.4 Å². The number of halogens is 1. The van der Waals surface area contributed by atoms with Gasteiger partial charge in [-0.15, -0.1) is 0 Å². The fourth-order valence-corrected chi connectivity index (χ4v) is 4.24. The lowest BCUT2D eigenvalue weighted by Crippen LogP contribution is -2.30. The Morgan fingerprint density at radius 1 is 0.944 bits per heavy atom. The number of rotatable bonds is 8. The molecule has 4 rings (SSSR count). The van der Waals surface area contributed by atoms with E-state index in [1.54, 1.807) is 29.2 Å². The van der Waals surface area contributed by atoms with E-state index in [-0.39, 0.29) is 30.7 Å². The van der Waals surface area contributed by atoms with Crippen LogP contribution in [0.25, 0.3) is 0 Å². The predicted molar refractivity (Wildman–Crippen MR) is 136 cm³/mol. The van der Waals surface area contributed by atoms with Gasteiger partial charge in [-0.25, -0.2) is 4.79 Å². The summed E-state index contributed by atoms with van der Waals surface area (Å²) in [6.45, 7) is 1.74. The molecule has 0 aliphatic carbocycles. The molecule has 1 saturated heterocycles. The number of carbonyl (C=O) groups excluding carboxylic acids is 4. The van der Waals surface area contributed by atoms with Crippen molar-refractivity contribution in [2.45, 2.75) is 19.4 Å². The number of ketones is 1. The van der Waals surface area contributed by atoms with Gasteiger partial charge in [0.25, 0.3) is 0 Å². The second-order valence-electron chi connectivity index (χ2n) is 8.49. The maximum atomic E-state index is 12.5. The van der Waals surface area contributed by atoms with Crippen molar-refractivity contribution in [1.29, 1.82) is 0 Å². The smallest absolute Gasteiger partial charge is 0.343 e. The third kappa shape index (κ3) is 6.07. The largest absolute Gasteiger partial charge is 0.457 e. The van der Waals surface area contributed by atoms with Crippen molar-refractivity contribution in [1.82, 2.24) is 4.90 Å². The normalized spacial score (nSPS) is 15.9. The molecule has 7 nitrogen and oxygen atoms in total. The van der Waals surface area contributed by atoms with Gasteiger partial charge >= 0.3 is 11.9 Å². The first kappa shape index (κ1) is 25.3. The van der Waals surface area contributed by atoms with Gasteiger partial charge in [0, 0.05) is 23.0 Å². The second kappa shape index (κ2) is 11.3. The van der Waals surface area contributed by atoms with Gasteiger partial charge in [-0.2, -0.15) is 0 Å². The molecule has 36 heavy (non-hydrogen) atoms. The fourth-order valence-electron chi connectivity index (χ4n) is 3.97. The predicted octanol–water partition coefficient (Wildman–Crippen LogP) is 5.00. The topological polar surface area (TPSA) is 90.0 Å². The summed E-state index contributed by atoms with van der Waals surface area (Å²) in [4.78, 5) is 51.4. The van der Waals surface area contributed by atoms with E-state index >= 15 is 0 Å². The van der Waals surface area contributed by atoms with Crippen molar-refractivity contribution in [3.63, 3.8) is 0 Å². The van der Waals surface area contributed by atoms with E-state index in [0.717, 1.165) is 10.0 Å². The average molecular weight is 550 g/mol. The SMILES string of the molecule is C[C@@H](c1ccccc1)N1C[C@@H](C(=O)OCC(=O)c2ccc(OC(=O)c3ccc(Br)cc3)cc2)CC1=O. The van der Waals surface area contributed by atoms with E-state index in [9.17, 15) is 19.2 Å². The van der Waals surface area contributed by atoms with Crippen molar-refractivity contribution >= 4 is 39.6 Å². The highest BCUT2D eigenvalue weighted by molar-refractivity contribution is 9.10. The average Bonchev–Trinajstić information content (AvgIpc) is 3.29. The number of carbonyl (C=O) groups is 4. The highest BCUT2D eigenvalue weighted by Gasteiger charge is 2.38. The minimum atomic E-state index is -0.614. The first-order valence-corrected chi connectivity index (χ1v) is 12.2. The number of benzene rings is 3. The molecular formula is C28H24BrNO6. The Morgan fingerprint density at radius 3 is 2.25 bits per heavy atom. The lowest BCUT2D eigenvalue weighted by molar-refractivity contribution is -0.147. The summed E-state index contributed by atoms with van der Waals surface area (Å²) in [5, 5.41) is 0. The van der Waals surface area contributed by atoms with E-state index in [1.165, 1.54) is 24.3 Å². The molecule has 0 unspecified atom stereocenters. The molecule has 1 amide bonds. The van der Waals surface area contributed by atoms with Crippen LogP contribution in [0.4, 0.5) is 0 Å². The second-order valence-corrected chi connectivity index (χ2v) is 9.40. The van der Waals surface area contributed by atoms with Crippen LogP contribution in [0.15, 0.2) is 83.3 Å². The van der Waals surface area contributed by atoms with Crippen LogP contribution in [0.1, 0.15) is 45.7 Å². The third-order valence-electron chi connectivity index (χ3n) is 6.05. The van der Waals surface area contributed by atoms with E-state index < -0.39 is 30.2 Å². The van der Waals surface area contributed by atoms with Crippen LogP contribution in [-0.2, 0) is 14.3 Å². The van der Waals surface area contributed by atoms with Gasteiger partial charge in [0.2, 0.25) is 5.91 Å². The molecule has 8 heteroatoms. The Balaban J connectivity index is 1.28. The monoisotopic (exact) mass is 549 g/mol. The molecule has 0 N–H and O–H groups in total. The molecule has 1 aliphatic rings. The van der Waals surface area contributed by atoms with Crippen LogP contribution in [0, 0.1) is 5.92 Å². The first-order chi connectivity index (χ1) is 17.3. The molecule has 0 radical (unpaired) electrons. The summed E-state index contributed by atoms with van der Waals surface area (Å²) in [6, 6.07) is 22.2. The van der Waals surface area contributed by atoms with Gasteiger partial charge in [-0.1, -0.05) is 46.3 Å². The van der Waals surface area contributed by atoms with Gasteiger partial charge in [-0.05, 0) is 61.0 Å². The number of nitrogens with zero attached hydrogens (tertiary/aromatic N) is 1. The summed E-state index contributed by atoms with van der Waals surface area (Å²) in [7, 11) is 0. The zero-order valence-corrected chi connectivity index (χ0v) is 21.1. The quantitative estimate of drug-likeness (QED) is 0.223. The van der Waals surface area contributed by atoms with Gasteiger partial charge in [0.15, 0.2) is 12.4 Å². The van der Waals surface area contributed by atoms with Crippen molar-refractivity contribution < 1.29 is 28.7 Å². The zero-order chi connectivity index (χ0) is 25.7. The number of hydrogen-bond acceptors (Lipinski definition) is 6. The number of ether oxygens (including phenoxy) is 2. The summed E-state index contributed by atoms with van der Waals surface area (Å²) >= 11 is 3.31. The Bertz CT molecular complexity index is 1260.